The molecule has 0 aliphatic rings. The van der Waals surface area contributed by atoms with Crippen LogP contribution in [0.2, 0.25) is 0 Å². The second-order valence-corrected chi connectivity index (χ2v) is 7.58. The second kappa shape index (κ2) is 7.30. The largest absolute Gasteiger partial charge is 0.368 e. The lowest BCUT2D eigenvalue weighted by molar-refractivity contribution is 0.610. The Hall–Kier alpha value is -2.83. The van der Waals surface area contributed by atoms with Gasteiger partial charge in [-0.15, -0.1) is 5.10 Å². The van der Waals surface area contributed by atoms with Gasteiger partial charge < -0.3 is 5.73 Å². The predicted molar refractivity (Wildman–Crippen MR) is 111 cm³/mol. The first-order valence-electron chi connectivity index (χ1n) is 8.09. The zero-order chi connectivity index (χ0) is 19.8. The van der Waals surface area contributed by atoms with Crippen molar-refractivity contribution < 1.29 is 4.39 Å². The van der Waals surface area contributed by atoms with Gasteiger partial charge in [0.2, 0.25) is 5.95 Å². The topological polar surface area (TPSA) is 73.5 Å². The van der Waals surface area contributed by atoms with Crippen LogP contribution in [0.15, 0.2) is 51.4 Å². The second-order valence-electron chi connectivity index (χ2n) is 5.94. The van der Waals surface area contributed by atoms with E-state index in [1.54, 1.807) is 30.3 Å². The maximum absolute atomic E-state index is 14.1. The monoisotopic (exact) mass is 500 g/mol. The van der Waals surface area contributed by atoms with E-state index in [0.717, 1.165) is 5.56 Å². The number of hydrogen-bond donors (Lipinski definition) is 1. The lowest BCUT2D eigenvalue weighted by atomic mass is 10.1. The van der Waals surface area contributed by atoms with E-state index in [1.165, 1.54) is 10.6 Å². The third kappa shape index (κ3) is 3.25. The minimum Gasteiger partial charge on any atom is -0.368 e. The van der Waals surface area contributed by atoms with Gasteiger partial charge in [0.05, 0.1) is 16.7 Å². The molecule has 6 nitrogen and oxygen atoms in total. The molecule has 2 aromatic heterocycles. The highest BCUT2D eigenvalue weighted by Gasteiger charge is 2.18. The lowest BCUT2D eigenvalue weighted by Crippen LogP contribution is -2.04. The number of nitrogen functional groups attached to an aromatic ring is 1. The molecule has 4 rings (SSSR count). The number of benzene rings is 2. The van der Waals surface area contributed by atoms with Crippen LogP contribution in [0.3, 0.4) is 0 Å². The summed E-state index contributed by atoms with van der Waals surface area (Å²) in [6.07, 6.45) is 0.198. The van der Waals surface area contributed by atoms with E-state index in [1.807, 2.05) is 6.07 Å². The highest BCUT2D eigenvalue weighted by molar-refractivity contribution is 9.11. The quantitative estimate of drug-likeness (QED) is 0.392. The summed E-state index contributed by atoms with van der Waals surface area (Å²) in [5.41, 5.74) is 8.81. The fraction of sp³-hybridized carbons (Fsp3) is 0.0526. The van der Waals surface area contributed by atoms with Gasteiger partial charge in [-0.25, -0.2) is 19.2 Å². The molecule has 0 unspecified atom stereocenters. The van der Waals surface area contributed by atoms with Crippen LogP contribution in [0.1, 0.15) is 11.4 Å². The normalized spacial score (nSPS) is 10.9. The Morgan fingerprint density at radius 1 is 1.14 bits per heavy atom. The van der Waals surface area contributed by atoms with Gasteiger partial charge in [-0.1, -0.05) is 40.2 Å². The number of hydrogen-bond acceptors (Lipinski definition) is 4. The van der Waals surface area contributed by atoms with Crippen LogP contribution in [0.4, 0.5) is 16.0 Å². The van der Waals surface area contributed by atoms with Crippen LogP contribution >= 0.6 is 31.9 Å². The van der Waals surface area contributed by atoms with Gasteiger partial charge in [0.1, 0.15) is 5.82 Å². The number of fused-ring (bicyclic) bond motifs is 1. The highest BCUT2D eigenvalue weighted by Crippen LogP contribution is 2.33. The van der Waals surface area contributed by atoms with Gasteiger partial charge in [0.25, 0.3) is 0 Å². The Balaban J connectivity index is 1.83. The number of rotatable bonds is 3. The van der Waals surface area contributed by atoms with Crippen LogP contribution in [0.5, 0.6) is 0 Å². The molecule has 0 aliphatic carbocycles. The zero-order valence-corrected chi connectivity index (χ0v) is 17.4. The van der Waals surface area contributed by atoms with Crippen molar-refractivity contribution in [2.75, 3.05) is 5.73 Å². The highest BCUT2D eigenvalue weighted by atomic mass is 79.9. The number of nitrogens with zero attached hydrogens (tertiary/aromatic N) is 5. The fourth-order valence-corrected chi connectivity index (χ4v) is 3.88. The molecule has 2 aromatic carbocycles. The molecule has 2 N–H and O–H groups in total. The minimum atomic E-state index is -0.338. The SMILES string of the molecule is [C-]#[N+]c1cccc(-c2nc(N)n3nc(Cc4c(F)cccc4Br)nc3c2Br)c1. The smallest absolute Gasteiger partial charge is 0.223 e. The Morgan fingerprint density at radius 2 is 1.93 bits per heavy atom. The summed E-state index contributed by atoms with van der Waals surface area (Å²) in [5.74, 6) is 0.217. The number of nitrogens with two attached hydrogens (primary N) is 1. The number of halogens is 3. The van der Waals surface area contributed by atoms with Gasteiger partial charge in [0.15, 0.2) is 17.2 Å². The van der Waals surface area contributed by atoms with E-state index in [0.29, 0.717) is 37.4 Å². The first-order valence-corrected chi connectivity index (χ1v) is 9.68. The molecule has 0 spiro atoms. The van der Waals surface area contributed by atoms with E-state index in [2.05, 4.69) is 51.8 Å². The van der Waals surface area contributed by atoms with Crippen LogP contribution in [0.25, 0.3) is 21.7 Å². The number of aromatic nitrogens is 4. The molecular weight excluding hydrogens is 491 g/mol. The maximum atomic E-state index is 14.1. The third-order valence-corrected chi connectivity index (χ3v) is 5.62. The molecule has 0 fully saturated rings. The molecule has 2 heterocycles. The van der Waals surface area contributed by atoms with Crippen molar-refractivity contribution in [1.29, 1.82) is 0 Å². The van der Waals surface area contributed by atoms with Crippen LogP contribution < -0.4 is 5.73 Å². The summed E-state index contributed by atoms with van der Waals surface area (Å²) in [5, 5.41) is 4.37. The van der Waals surface area contributed by atoms with Crippen LogP contribution in [-0.2, 0) is 6.42 Å². The Bertz CT molecular complexity index is 1240. The average Bonchev–Trinajstić information content (AvgIpc) is 3.13. The Morgan fingerprint density at radius 3 is 2.68 bits per heavy atom. The number of anilines is 1. The first kappa shape index (κ1) is 18.5. The van der Waals surface area contributed by atoms with E-state index >= 15 is 0 Å². The van der Waals surface area contributed by atoms with E-state index in [4.69, 9.17) is 12.3 Å². The predicted octanol–water partition coefficient (Wildman–Crippen LogP) is 5.18. The molecule has 0 aliphatic heterocycles. The summed E-state index contributed by atoms with van der Waals surface area (Å²) in [4.78, 5) is 12.4. The van der Waals surface area contributed by atoms with E-state index in [-0.39, 0.29) is 18.2 Å². The standard InChI is InChI=1S/C19H11Br2FN6/c1-24-11-5-2-4-10(8-11)17-16(21)18-25-15(27-28(18)19(23)26-17)9-12-13(20)6-3-7-14(12)22/h2-8H,9H2,(H2,23,26). The first-order chi connectivity index (χ1) is 13.5. The molecule has 0 saturated heterocycles. The molecule has 0 radical (unpaired) electrons. The molecule has 4 aromatic rings. The zero-order valence-electron chi connectivity index (χ0n) is 14.2. The van der Waals surface area contributed by atoms with E-state index < -0.39 is 0 Å². The lowest BCUT2D eigenvalue weighted by Gasteiger charge is -2.07. The van der Waals surface area contributed by atoms with Crippen molar-refractivity contribution in [1.82, 2.24) is 19.6 Å². The summed E-state index contributed by atoms with van der Waals surface area (Å²) in [6, 6.07) is 11.8. The van der Waals surface area contributed by atoms with Crippen LogP contribution in [-0.4, -0.2) is 19.6 Å². The van der Waals surface area contributed by atoms with Crippen molar-refractivity contribution >= 4 is 49.1 Å². The summed E-state index contributed by atoms with van der Waals surface area (Å²) in [7, 11) is 0. The van der Waals surface area contributed by atoms with E-state index in [9.17, 15) is 4.39 Å². The minimum absolute atomic E-state index is 0.146. The average molecular weight is 502 g/mol. The molecule has 9 heteroatoms. The van der Waals surface area contributed by atoms with Crippen LogP contribution in [0, 0.1) is 12.4 Å². The molecule has 0 saturated carbocycles. The summed E-state index contributed by atoms with van der Waals surface area (Å²) in [6.45, 7) is 7.18. The molecule has 28 heavy (non-hydrogen) atoms. The molecule has 0 bridgehead atoms. The molecular formula is C19H11Br2FN6. The van der Waals surface area contributed by atoms with Crippen molar-refractivity contribution in [2.45, 2.75) is 6.42 Å². The molecule has 0 atom stereocenters. The van der Waals surface area contributed by atoms with Gasteiger partial charge in [0, 0.05) is 16.5 Å². The van der Waals surface area contributed by atoms with Crippen molar-refractivity contribution in [3.63, 3.8) is 0 Å². The Kier molecular flexibility index (Phi) is 4.83. The molecule has 0 amide bonds. The van der Waals surface area contributed by atoms with Crippen molar-refractivity contribution in [3.05, 3.63) is 80.0 Å². The Labute approximate surface area is 176 Å². The third-order valence-electron chi connectivity index (χ3n) is 4.14. The van der Waals surface area contributed by atoms with Crippen molar-refractivity contribution in [2.24, 2.45) is 0 Å². The van der Waals surface area contributed by atoms with Gasteiger partial charge in [-0.3, -0.25) is 0 Å². The van der Waals surface area contributed by atoms with Gasteiger partial charge in [-0.2, -0.15) is 4.52 Å². The fourth-order valence-electron chi connectivity index (χ4n) is 2.82. The summed E-state index contributed by atoms with van der Waals surface area (Å²) >= 11 is 6.88. The van der Waals surface area contributed by atoms with Gasteiger partial charge in [-0.05, 0) is 39.7 Å². The summed E-state index contributed by atoms with van der Waals surface area (Å²) < 4.78 is 16.8. The van der Waals surface area contributed by atoms with Gasteiger partial charge >= 0.3 is 0 Å². The van der Waals surface area contributed by atoms with Crippen molar-refractivity contribution in [3.8, 4) is 11.3 Å². The molecule has 138 valence electrons. The maximum Gasteiger partial charge on any atom is 0.223 e.